The summed E-state index contributed by atoms with van der Waals surface area (Å²) in [6.45, 7) is 9.77. The highest BCUT2D eigenvalue weighted by molar-refractivity contribution is 5.97. The lowest BCUT2D eigenvalue weighted by atomic mass is 9.76. The number of carbonyl (C=O) groups excluding carboxylic acids is 2. The Labute approximate surface area is 155 Å². The molecule has 6 nitrogen and oxygen atoms in total. The van der Waals surface area contributed by atoms with Gasteiger partial charge in [-0.05, 0) is 66.7 Å². The Bertz CT molecular complexity index is 660. The molecule has 2 unspecified atom stereocenters. The summed E-state index contributed by atoms with van der Waals surface area (Å²) in [4.78, 5) is 27.6. The largest absolute Gasteiger partial charge is 0.444 e. The number of rotatable bonds is 3. The summed E-state index contributed by atoms with van der Waals surface area (Å²) in [5, 5.41) is 4.30. The van der Waals surface area contributed by atoms with Gasteiger partial charge in [-0.2, -0.15) is 5.10 Å². The lowest BCUT2D eigenvalue weighted by Crippen LogP contribution is -2.56. The number of Topliss-reactive ketones (excluding diaryl/α,β-unsaturated/α-hetero) is 1. The Hall–Kier alpha value is -1.85. The minimum absolute atomic E-state index is 0.0335. The summed E-state index contributed by atoms with van der Waals surface area (Å²) in [6.07, 6.45) is 7.76. The molecule has 0 N–H and O–H groups in total. The Kier molecular flexibility index (Phi) is 5.13. The van der Waals surface area contributed by atoms with E-state index in [0.717, 1.165) is 32.1 Å². The highest BCUT2D eigenvalue weighted by Gasteiger charge is 2.44. The molecule has 3 rings (SSSR count). The van der Waals surface area contributed by atoms with Crippen molar-refractivity contribution < 1.29 is 14.3 Å². The van der Waals surface area contributed by atoms with E-state index in [2.05, 4.69) is 5.10 Å². The topological polar surface area (TPSA) is 64.4 Å². The van der Waals surface area contributed by atoms with E-state index in [1.165, 1.54) is 0 Å². The lowest BCUT2D eigenvalue weighted by molar-refractivity contribution is -0.0260. The summed E-state index contributed by atoms with van der Waals surface area (Å²) in [6, 6.07) is 0.447. The van der Waals surface area contributed by atoms with Gasteiger partial charge in [-0.25, -0.2) is 4.79 Å². The first-order valence-electron chi connectivity index (χ1n) is 9.75. The number of hydrogen-bond donors (Lipinski definition) is 0. The standard InChI is InChI=1S/C20H31N3O3/c1-13(2)22-12-15(11-21-22)18(24)14-9-16-7-6-8-17(10-14)23(16)19(25)26-20(3,4)5/h11-14,16-17H,6-10H2,1-5H3. The fourth-order valence-corrected chi connectivity index (χ4v) is 4.19. The molecule has 144 valence electrons. The van der Waals surface area contributed by atoms with Crippen LogP contribution in [0.4, 0.5) is 4.79 Å². The number of fused-ring (bicyclic) bond motifs is 2. The van der Waals surface area contributed by atoms with E-state index in [9.17, 15) is 9.59 Å². The van der Waals surface area contributed by atoms with Crippen LogP contribution in [0, 0.1) is 5.92 Å². The normalized spacial score (nSPS) is 26.1. The van der Waals surface area contributed by atoms with E-state index in [1.807, 2.05) is 50.4 Å². The molecular weight excluding hydrogens is 330 g/mol. The second kappa shape index (κ2) is 7.05. The minimum atomic E-state index is -0.497. The molecule has 2 atom stereocenters. The van der Waals surface area contributed by atoms with Gasteiger partial charge in [0.05, 0.1) is 11.8 Å². The zero-order valence-corrected chi connectivity index (χ0v) is 16.6. The second-order valence-corrected chi connectivity index (χ2v) is 8.96. The van der Waals surface area contributed by atoms with E-state index in [1.54, 1.807) is 6.20 Å². The molecule has 6 heteroatoms. The summed E-state index contributed by atoms with van der Waals surface area (Å²) >= 11 is 0. The molecule has 2 aliphatic heterocycles. The van der Waals surface area contributed by atoms with Gasteiger partial charge in [0.2, 0.25) is 0 Å². The van der Waals surface area contributed by atoms with Gasteiger partial charge in [0.25, 0.3) is 0 Å². The van der Waals surface area contributed by atoms with Crippen LogP contribution in [0.5, 0.6) is 0 Å². The van der Waals surface area contributed by atoms with Crippen LogP contribution in [0.15, 0.2) is 12.4 Å². The average molecular weight is 361 g/mol. The van der Waals surface area contributed by atoms with Gasteiger partial charge in [-0.1, -0.05) is 0 Å². The molecule has 0 aromatic carbocycles. The molecule has 2 fully saturated rings. The van der Waals surface area contributed by atoms with E-state index >= 15 is 0 Å². The first-order chi connectivity index (χ1) is 12.2. The van der Waals surface area contributed by atoms with Crippen molar-refractivity contribution in [2.75, 3.05) is 0 Å². The molecule has 1 aromatic heterocycles. The Morgan fingerprint density at radius 2 is 1.81 bits per heavy atom. The summed E-state index contributed by atoms with van der Waals surface area (Å²) in [7, 11) is 0. The first kappa shape index (κ1) is 18.9. The Morgan fingerprint density at radius 1 is 1.19 bits per heavy atom. The van der Waals surface area contributed by atoms with Crippen LogP contribution < -0.4 is 0 Å². The summed E-state index contributed by atoms with van der Waals surface area (Å²) in [5.41, 5.74) is 0.191. The smallest absolute Gasteiger partial charge is 0.410 e. The van der Waals surface area contributed by atoms with Crippen LogP contribution >= 0.6 is 0 Å². The molecule has 1 aromatic rings. The van der Waals surface area contributed by atoms with Crippen molar-refractivity contribution in [1.82, 2.24) is 14.7 Å². The van der Waals surface area contributed by atoms with Crippen molar-refractivity contribution in [3.63, 3.8) is 0 Å². The zero-order chi connectivity index (χ0) is 19.1. The van der Waals surface area contributed by atoms with Gasteiger partial charge < -0.3 is 9.64 Å². The predicted octanol–water partition coefficient (Wildman–Crippen LogP) is 4.21. The van der Waals surface area contributed by atoms with Gasteiger partial charge in [0.15, 0.2) is 5.78 Å². The summed E-state index contributed by atoms with van der Waals surface area (Å²) < 4.78 is 7.44. The maximum absolute atomic E-state index is 13.0. The monoisotopic (exact) mass is 361 g/mol. The Balaban J connectivity index is 1.72. The average Bonchev–Trinajstić information content (AvgIpc) is 3.01. The molecular formula is C20H31N3O3. The van der Waals surface area contributed by atoms with Crippen LogP contribution in [0.2, 0.25) is 0 Å². The van der Waals surface area contributed by atoms with Crippen LogP contribution in [0.3, 0.4) is 0 Å². The number of ketones is 1. The third-order valence-corrected chi connectivity index (χ3v) is 5.36. The molecule has 0 spiro atoms. The maximum Gasteiger partial charge on any atom is 0.410 e. The highest BCUT2D eigenvalue weighted by atomic mass is 16.6. The SMILES string of the molecule is CC(C)n1cc(C(=O)C2CC3CCCC(C2)N3C(=O)OC(C)(C)C)cn1. The molecule has 26 heavy (non-hydrogen) atoms. The van der Waals surface area contributed by atoms with Crippen molar-refractivity contribution in [1.29, 1.82) is 0 Å². The van der Waals surface area contributed by atoms with E-state index in [0.29, 0.717) is 5.56 Å². The van der Waals surface area contributed by atoms with Crippen molar-refractivity contribution in [2.24, 2.45) is 5.92 Å². The molecule has 3 heterocycles. The predicted molar refractivity (Wildman–Crippen MR) is 99.2 cm³/mol. The van der Waals surface area contributed by atoms with Crippen molar-refractivity contribution in [2.45, 2.75) is 90.4 Å². The van der Waals surface area contributed by atoms with Crippen molar-refractivity contribution in [3.05, 3.63) is 18.0 Å². The number of piperidine rings is 2. The van der Waals surface area contributed by atoms with Gasteiger partial charge in [0.1, 0.15) is 5.60 Å². The van der Waals surface area contributed by atoms with Gasteiger partial charge in [0, 0.05) is 30.2 Å². The van der Waals surface area contributed by atoms with Gasteiger partial charge in [-0.3, -0.25) is 9.48 Å². The second-order valence-electron chi connectivity index (χ2n) is 8.96. The van der Waals surface area contributed by atoms with Gasteiger partial charge >= 0.3 is 6.09 Å². The molecule has 2 bridgehead atoms. The number of carbonyl (C=O) groups is 2. The third kappa shape index (κ3) is 3.94. The molecule has 1 amide bonds. The molecule has 0 aliphatic carbocycles. The van der Waals surface area contributed by atoms with Crippen LogP contribution in [-0.2, 0) is 4.74 Å². The van der Waals surface area contributed by atoms with Crippen LogP contribution in [-0.4, -0.2) is 44.2 Å². The van der Waals surface area contributed by atoms with Crippen LogP contribution in [0.25, 0.3) is 0 Å². The lowest BCUT2D eigenvalue weighted by Gasteiger charge is -2.48. The zero-order valence-electron chi connectivity index (χ0n) is 16.6. The molecule has 2 saturated heterocycles. The highest BCUT2D eigenvalue weighted by Crippen LogP contribution is 2.39. The van der Waals surface area contributed by atoms with E-state index in [4.69, 9.17) is 4.74 Å². The molecule has 2 aliphatic rings. The van der Waals surface area contributed by atoms with Gasteiger partial charge in [-0.15, -0.1) is 0 Å². The molecule has 0 radical (unpaired) electrons. The van der Waals surface area contributed by atoms with E-state index < -0.39 is 5.60 Å². The minimum Gasteiger partial charge on any atom is -0.444 e. The number of hydrogen-bond acceptors (Lipinski definition) is 4. The Morgan fingerprint density at radius 3 is 2.31 bits per heavy atom. The van der Waals surface area contributed by atoms with Crippen molar-refractivity contribution >= 4 is 11.9 Å². The quantitative estimate of drug-likeness (QED) is 0.756. The first-order valence-corrected chi connectivity index (χ1v) is 9.75. The maximum atomic E-state index is 13.0. The number of amides is 1. The fraction of sp³-hybridized carbons (Fsp3) is 0.750. The fourth-order valence-electron chi connectivity index (χ4n) is 4.19. The number of ether oxygens (including phenoxy) is 1. The van der Waals surface area contributed by atoms with Crippen LogP contribution in [0.1, 0.15) is 83.1 Å². The summed E-state index contributed by atoms with van der Waals surface area (Å²) in [5.74, 6) is 0.131. The number of nitrogens with zero attached hydrogens (tertiary/aromatic N) is 3. The van der Waals surface area contributed by atoms with Crippen molar-refractivity contribution in [3.8, 4) is 0 Å². The van der Waals surface area contributed by atoms with E-state index in [-0.39, 0.29) is 35.9 Å². The molecule has 0 saturated carbocycles. The number of aromatic nitrogens is 2. The third-order valence-electron chi connectivity index (χ3n) is 5.36.